The van der Waals surface area contributed by atoms with Crippen molar-refractivity contribution in [2.24, 2.45) is 0 Å². The number of hydrogen-bond acceptors (Lipinski definition) is 5. The predicted octanol–water partition coefficient (Wildman–Crippen LogP) is 2.19. The van der Waals surface area contributed by atoms with Crippen LogP contribution in [0.5, 0.6) is 0 Å². The summed E-state index contributed by atoms with van der Waals surface area (Å²) < 4.78 is 25.7. The molecule has 0 radical (unpaired) electrons. The highest BCUT2D eigenvalue weighted by Gasteiger charge is 2.28. The SMILES string of the molecule is CC(C)Nc1nn(C2CCCCC2)c(N)c1S(C)(=O)=O. The maximum atomic E-state index is 12.0. The third-order valence-electron chi connectivity index (χ3n) is 3.62. The lowest BCUT2D eigenvalue weighted by molar-refractivity contribution is 0.333. The third kappa shape index (κ3) is 3.08. The van der Waals surface area contributed by atoms with Gasteiger partial charge in [0.1, 0.15) is 5.82 Å². The molecule has 1 aromatic heterocycles. The molecule has 1 saturated carbocycles. The van der Waals surface area contributed by atoms with Gasteiger partial charge in [-0.25, -0.2) is 13.1 Å². The molecule has 6 nitrogen and oxygen atoms in total. The van der Waals surface area contributed by atoms with Gasteiger partial charge in [0, 0.05) is 12.3 Å². The zero-order valence-electron chi connectivity index (χ0n) is 12.4. The Morgan fingerprint density at radius 3 is 2.40 bits per heavy atom. The maximum Gasteiger partial charge on any atom is 0.182 e. The largest absolute Gasteiger partial charge is 0.383 e. The average Bonchev–Trinajstić information content (AvgIpc) is 2.66. The first-order valence-electron chi connectivity index (χ1n) is 7.15. The zero-order chi connectivity index (χ0) is 14.9. The lowest BCUT2D eigenvalue weighted by Crippen LogP contribution is -2.17. The third-order valence-corrected chi connectivity index (χ3v) is 4.76. The van der Waals surface area contributed by atoms with Crippen LogP contribution in [0.1, 0.15) is 52.0 Å². The molecule has 0 bridgehead atoms. The molecule has 1 heterocycles. The Balaban J connectivity index is 2.46. The second-order valence-corrected chi connectivity index (χ2v) is 7.82. The number of nitrogens with zero attached hydrogens (tertiary/aromatic N) is 2. The van der Waals surface area contributed by atoms with Crippen LogP contribution in [0.25, 0.3) is 0 Å². The van der Waals surface area contributed by atoms with E-state index in [0.717, 1.165) is 25.7 Å². The van der Waals surface area contributed by atoms with Crippen molar-refractivity contribution in [2.75, 3.05) is 17.3 Å². The van der Waals surface area contributed by atoms with Crippen LogP contribution < -0.4 is 11.1 Å². The van der Waals surface area contributed by atoms with E-state index in [-0.39, 0.29) is 22.8 Å². The van der Waals surface area contributed by atoms with Gasteiger partial charge < -0.3 is 11.1 Å². The van der Waals surface area contributed by atoms with E-state index < -0.39 is 9.84 Å². The smallest absolute Gasteiger partial charge is 0.182 e. The van der Waals surface area contributed by atoms with Crippen molar-refractivity contribution in [3.63, 3.8) is 0 Å². The van der Waals surface area contributed by atoms with Crippen LogP contribution in [0.15, 0.2) is 4.90 Å². The standard InChI is InChI=1S/C13H24N4O2S/c1-9(2)15-13-11(20(3,18)19)12(14)17(16-13)10-7-5-4-6-8-10/h9-10H,4-8,14H2,1-3H3,(H,15,16). The highest BCUT2D eigenvalue weighted by atomic mass is 32.2. The molecular weight excluding hydrogens is 276 g/mol. The molecule has 2 rings (SSSR count). The van der Waals surface area contributed by atoms with Crippen molar-refractivity contribution in [2.45, 2.75) is 62.9 Å². The molecule has 0 saturated heterocycles. The van der Waals surface area contributed by atoms with Crippen LogP contribution in [0.4, 0.5) is 11.6 Å². The van der Waals surface area contributed by atoms with E-state index in [1.165, 1.54) is 12.7 Å². The predicted molar refractivity (Wildman–Crippen MR) is 80.6 cm³/mol. The minimum absolute atomic E-state index is 0.101. The molecule has 1 fully saturated rings. The van der Waals surface area contributed by atoms with Crippen molar-refractivity contribution in [1.29, 1.82) is 0 Å². The van der Waals surface area contributed by atoms with Gasteiger partial charge in [0.2, 0.25) is 0 Å². The van der Waals surface area contributed by atoms with Gasteiger partial charge in [-0.15, -0.1) is 0 Å². The second kappa shape index (κ2) is 5.63. The van der Waals surface area contributed by atoms with Crippen LogP contribution in [0.3, 0.4) is 0 Å². The van der Waals surface area contributed by atoms with E-state index in [2.05, 4.69) is 10.4 Å². The van der Waals surface area contributed by atoms with Gasteiger partial charge in [-0.1, -0.05) is 19.3 Å². The van der Waals surface area contributed by atoms with Crippen molar-refractivity contribution < 1.29 is 8.42 Å². The summed E-state index contributed by atoms with van der Waals surface area (Å²) in [6, 6.07) is 0.316. The molecular formula is C13H24N4O2S. The van der Waals surface area contributed by atoms with Crippen molar-refractivity contribution in [3.8, 4) is 0 Å². The minimum atomic E-state index is -3.40. The van der Waals surface area contributed by atoms with Crippen LogP contribution in [0.2, 0.25) is 0 Å². The summed E-state index contributed by atoms with van der Waals surface area (Å²) in [5.74, 6) is 0.646. The highest BCUT2D eigenvalue weighted by molar-refractivity contribution is 7.91. The minimum Gasteiger partial charge on any atom is -0.383 e. The second-order valence-electron chi connectivity index (χ2n) is 5.87. The van der Waals surface area contributed by atoms with Crippen LogP contribution in [-0.4, -0.2) is 30.5 Å². The fraction of sp³-hybridized carbons (Fsp3) is 0.769. The summed E-state index contributed by atoms with van der Waals surface area (Å²) in [6.45, 7) is 3.89. The molecule has 0 atom stereocenters. The summed E-state index contributed by atoms with van der Waals surface area (Å²) >= 11 is 0. The number of hydrogen-bond donors (Lipinski definition) is 2. The number of rotatable bonds is 4. The lowest BCUT2D eigenvalue weighted by atomic mass is 9.96. The van der Waals surface area contributed by atoms with Crippen LogP contribution >= 0.6 is 0 Å². The van der Waals surface area contributed by atoms with E-state index in [0.29, 0.717) is 5.82 Å². The topological polar surface area (TPSA) is 90.0 Å². The molecule has 1 aromatic rings. The number of nitrogens with two attached hydrogens (primary N) is 1. The first kappa shape index (κ1) is 15.2. The first-order valence-corrected chi connectivity index (χ1v) is 9.04. The molecule has 0 spiro atoms. The zero-order valence-corrected chi connectivity index (χ0v) is 13.2. The van der Waals surface area contributed by atoms with Gasteiger partial charge in [0.15, 0.2) is 20.6 Å². The Kier molecular flexibility index (Phi) is 4.27. The molecule has 3 N–H and O–H groups in total. The molecule has 7 heteroatoms. The Hall–Kier alpha value is -1.24. The van der Waals surface area contributed by atoms with Crippen LogP contribution in [-0.2, 0) is 9.84 Å². The number of nitrogen functional groups attached to an aromatic ring is 1. The maximum absolute atomic E-state index is 12.0. The van der Waals surface area contributed by atoms with E-state index >= 15 is 0 Å². The molecule has 0 amide bonds. The first-order chi connectivity index (χ1) is 9.30. The van der Waals surface area contributed by atoms with Crippen LogP contribution in [0, 0.1) is 0 Å². The number of aromatic nitrogens is 2. The van der Waals surface area contributed by atoms with E-state index in [4.69, 9.17) is 5.73 Å². The summed E-state index contributed by atoms with van der Waals surface area (Å²) in [5.41, 5.74) is 6.08. The Bertz CT molecular complexity index is 571. The molecule has 1 aliphatic rings. The fourth-order valence-corrected chi connectivity index (χ4v) is 3.69. The summed E-state index contributed by atoms with van der Waals surface area (Å²) in [4.78, 5) is 0.136. The number of nitrogens with one attached hydrogen (secondary N) is 1. The Morgan fingerprint density at radius 1 is 1.30 bits per heavy atom. The molecule has 1 aliphatic carbocycles. The van der Waals surface area contributed by atoms with Gasteiger partial charge >= 0.3 is 0 Å². The van der Waals surface area contributed by atoms with Gasteiger partial charge in [0.05, 0.1) is 6.04 Å². The van der Waals surface area contributed by atoms with Gasteiger partial charge in [0.25, 0.3) is 0 Å². The van der Waals surface area contributed by atoms with Crippen molar-refractivity contribution >= 4 is 21.5 Å². The highest BCUT2D eigenvalue weighted by Crippen LogP contribution is 2.35. The van der Waals surface area contributed by atoms with Crippen molar-refractivity contribution in [1.82, 2.24) is 9.78 Å². The Labute approximate surface area is 120 Å². The summed E-state index contributed by atoms with van der Waals surface area (Å²) in [7, 11) is -3.40. The Morgan fingerprint density at radius 2 is 1.90 bits per heavy atom. The average molecular weight is 300 g/mol. The fourth-order valence-electron chi connectivity index (χ4n) is 2.77. The van der Waals surface area contributed by atoms with E-state index in [1.54, 1.807) is 4.68 Å². The number of anilines is 2. The summed E-state index contributed by atoms with van der Waals surface area (Å²) in [5, 5.41) is 7.53. The van der Waals surface area contributed by atoms with Gasteiger partial charge in [-0.05, 0) is 26.7 Å². The van der Waals surface area contributed by atoms with Gasteiger partial charge in [-0.2, -0.15) is 5.10 Å². The summed E-state index contributed by atoms with van der Waals surface area (Å²) in [6.07, 6.45) is 6.72. The quantitative estimate of drug-likeness (QED) is 0.889. The number of sulfone groups is 1. The van der Waals surface area contributed by atoms with Gasteiger partial charge in [-0.3, -0.25) is 0 Å². The molecule has 20 heavy (non-hydrogen) atoms. The molecule has 0 aliphatic heterocycles. The molecule has 114 valence electrons. The van der Waals surface area contributed by atoms with Crippen molar-refractivity contribution in [3.05, 3.63) is 0 Å². The lowest BCUT2D eigenvalue weighted by Gasteiger charge is -2.22. The van der Waals surface area contributed by atoms with E-state index in [1.807, 2.05) is 13.8 Å². The normalized spacial score (nSPS) is 17.6. The monoisotopic (exact) mass is 300 g/mol. The van der Waals surface area contributed by atoms with E-state index in [9.17, 15) is 8.42 Å². The molecule has 0 aromatic carbocycles. The molecule has 0 unspecified atom stereocenters.